The predicted molar refractivity (Wildman–Crippen MR) is 92.7 cm³/mol. The maximum atomic E-state index is 12.6. The number of carbonyl (C=O) groups excluding carboxylic acids is 1. The van der Waals surface area contributed by atoms with Gasteiger partial charge in [-0.3, -0.25) is 0 Å². The normalized spacial score (nSPS) is 10.5. The molecular formula is C20H17NO3. The number of benzene rings is 3. The van der Waals surface area contributed by atoms with Gasteiger partial charge in [-0.25, -0.2) is 4.79 Å². The second-order valence-electron chi connectivity index (χ2n) is 5.35. The van der Waals surface area contributed by atoms with Gasteiger partial charge in [-0.15, -0.1) is 0 Å². The molecule has 3 rings (SSSR count). The van der Waals surface area contributed by atoms with Gasteiger partial charge >= 0.3 is 5.97 Å². The minimum absolute atomic E-state index is 0.0161. The first-order chi connectivity index (χ1) is 11.7. The number of aromatic hydroxyl groups is 1. The number of hydrogen-bond acceptors (Lipinski definition) is 4. The molecule has 0 unspecified atom stereocenters. The molecule has 0 amide bonds. The van der Waals surface area contributed by atoms with Gasteiger partial charge in [0.1, 0.15) is 5.75 Å². The minimum Gasteiger partial charge on any atom is -0.506 e. The lowest BCUT2D eigenvalue weighted by atomic mass is 10.0. The molecule has 0 heterocycles. The van der Waals surface area contributed by atoms with Gasteiger partial charge in [0.2, 0.25) is 0 Å². The van der Waals surface area contributed by atoms with Crippen molar-refractivity contribution in [2.24, 2.45) is 0 Å². The molecule has 0 aliphatic rings. The fourth-order valence-electron chi connectivity index (χ4n) is 2.49. The summed E-state index contributed by atoms with van der Waals surface area (Å²) in [6.45, 7) is 0. The van der Waals surface area contributed by atoms with Crippen LogP contribution in [0.4, 0.5) is 5.69 Å². The van der Waals surface area contributed by atoms with Crippen molar-refractivity contribution in [3.05, 3.63) is 95.6 Å². The van der Waals surface area contributed by atoms with Crippen molar-refractivity contribution in [3.63, 3.8) is 0 Å². The molecule has 3 aromatic rings. The average Bonchev–Trinajstić information content (AvgIpc) is 2.63. The van der Waals surface area contributed by atoms with Crippen LogP contribution >= 0.6 is 0 Å². The third-order valence-corrected chi connectivity index (χ3v) is 3.73. The van der Waals surface area contributed by atoms with Crippen LogP contribution in [0.5, 0.6) is 5.75 Å². The van der Waals surface area contributed by atoms with Crippen LogP contribution in [0.1, 0.15) is 27.6 Å². The van der Waals surface area contributed by atoms with Crippen molar-refractivity contribution in [2.75, 3.05) is 5.73 Å². The molecule has 0 aromatic heterocycles. The molecule has 3 N–H and O–H groups in total. The summed E-state index contributed by atoms with van der Waals surface area (Å²) < 4.78 is 5.71. The van der Waals surface area contributed by atoms with Gasteiger partial charge in [-0.1, -0.05) is 66.7 Å². The first-order valence-electron chi connectivity index (χ1n) is 7.55. The zero-order valence-electron chi connectivity index (χ0n) is 12.9. The molecule has 4 nitrogen and oxygen atoms in total. The molecule has 4 heteroatoms. The van der Waals surface area contributed by atoms with E-state index in [0.29, 0.717) is 0 Å². The molecule has 0 fully saturated rings. The molecule has 0 saturated carbocycles. The largest absolute Gasteiger partial charge is 0.506 e. The molecule has 0 radical (unpaired) electrons. The molecule has 0 bridgehead atoms. The highest BCUT2D eigenvalue weighted by Gasteiger charge is 2.22. The molecule has 0 atom stereocenters. The van der Waals surface area contributed by atoms with E-state index in [9.17, 15) is 9.90 Å². The molecular weight excluding hydrogens is 302 g/mol. The summed E-state index contributed by atoms with van der Waals surface area (Å²) in [4.78, 5) is 12.6. The number of nitrogen functional groups attached to an aromatic ring is 1. The summed E-state index contributed by atoms with van der Waals surface area (Å²) in [5, 5.41) is 9.68. The third-order valence-electron chi connectivity index (χ3n) is 3.73. The Morgan fingerprint density at radius 2 is 1.38 bits per heavy atom. The number of nitrogens with two attached hydrogens (primary N) is 1. The summed E-state index contributed by atoms with van der Waals surface area (Å²) >= 11 is 0. The molecule has 0 aliphatic carbocycles. The Bertz CT molecular complexity index is 793. The van der Waals surface area contributed by atoms with Crippen LogP contribution in [0.2, 0.25) is 0 Å². The van der Waals surface area contributed by atoms with Crippen LogP contribution < -0.4 is 5.73 Å². The summed E-state index contributed by atoms with van der Waals surface area (Å²) in [6, 6.07) is 23.5. The fourth-order valence-corrected chi connectivity index (χ4v) is 2.49. The van der Waals surface area contributed by atoms with Crippen molar-refractivity contribution < 1.29 is 14.6 Å². The Morgan fingerprint density at radius 1 is 0.833 bits per heavy atom. The van der Waals surface area contributed by atoms with Crippen LogP contribution in [0.3, 0.4) is 0 Å². The van der Waals surface area contributed by atoms with Crippen LogP contribution in [0, 0.1) is 0 Å². The Labute approximate surface area is 140 Å². The minimum atomic E-state index is -0.582. The maximum absolute atomic E-state index is 12.6. The summed E-state index contributed by atoms with van der Waals surface area (Å²) in [5.41, 5.74) is 7.66. The number of anilines is 1. The molecule has 24 heavy (non-hydrogen) atoms. The maximum Gasteiger partial charge on any atom is 0.341 e. The van der Waals surface area contributed by atoms with E-state index in [4.69, 9.17) is 10.5 Å². The third kappa shape index (κ3) is 3.22. The Hall–Kier alpha value is -3.27. The smallest absolute Gasteiger partial charge is 0.341 e. The number of phenolic OH excluding ortho intramolecular Hbond substituents is 1. The average molecular weight is 319 g/mol. The number of para-hydroxylation sites is 1. The quantitative estimate of drug-likeness (QED) is 0.434. The van der Waals surface area contributed by atoms with Crippen LogP contribution in [-0.4, -0.2) is 11.1 Å². The highest BCUT2D eigenvalue weighted by Crippen LogP contribution is 2.30. The molecule has 0 spiro atoms. The van der Waals surface area contributed by atoms with Gasteiger partial charge in [0.25, 0.3) is 0 Å². The van der Waals surface area contributed by atoms with Crippen molar-refractivity contribution in [1.29, 1.82) is 0 Å². The number of ether oxygens (including phenoxy) is 1. The van der Waals surface area contributed by atoms with E-state index in [1.165, 1.54) is 12.1 Å². The zero-order chi connectivity index (χ0) is 16.9. The Morgan fingerprint density at radius 3 is 1.92 bits per heavy atom. The highest BCUT2D eigenvalue weighted by molar-refractivity contribution is 5.96. The highest BCUT2D eigenvalue weighted by atomic mass is 16.5. The van der Waals surface area contributed by atoms with Gasteiger partial charge in [0.15, 0.2) is 6.10 Å². The lowest BCUT2D eigenvalue weighted by molar-refractivity contribution is 0.0379. The van der Waals surface area contributed by atoms with E-state index in [2.05, 4.69) is 0 Å². The molecule has 3 aromatic carbocycles. The topological polar surface area (TPSA) is 72.5 Å². The number of hydrogen-bond donors (Lipinski definition) is 2. The van der Waals surface area contributed by atoms with E-state index in [1.54, 1.807) is 6.07 Å². The second-order valence-corrected chi connectivity index (χ2v) is 5.35. The van der Waals surface area contributed by atoms with E-state index < -0.39 is 12.1 Å². The first-order valence-corrected chi connectivity index (χ1v) is 7.55. The van der Waals surface area contributed by atoms with Crippen LogP contribution in [0.15, 0.2) is 78.9 Å². The Kier molecular flexibility index (Phi) is 4.47. The van der Waals surface area contributed by atoms with Gasteiger partial charge in [-0.05, 0) is 23.3 Å². The van der Waals surface area contributed by atoms with Crippen LogP contribution in [-0.2, 0) is 4.74 Å². The fraction of sp³-hybridized carbons (Fsp3) is 0.0500. The zero-order valence-corrected chi connectivity index (χ0v) is 12.9. The van der Waals surface area contributed by atoms with E-state index in [1.807, 2.05) is 60.7 Å². The lowest BCUT2D eigenvalue weighted by Crippen LogP contribution is -2.14. The number of rotatable bonds is 4. The number of phenols is 1. The lowest BCUT2D eigenvalue weighted by Gasteiger charge is -2.19. The van der Waals surface area contributed by atoms with E-state index >= 15 is 0 Å². The molecule has 0 saturated heterocycles. The summed E-state index contributed by atoms with van der Waals surface area (Å²) in [6.07, 6.45) is -0.554. The van der Waals surface area contributed by atoms with Gasteiger partial charge < -0.3 is 15.6 Å². The SMILES string of the molecule is Nc1c(O)cccc1C(=O)OC(c1ccccc1)c1ccccc1. The first kappa shape index (κ1) is 15.6. The van der Waals surface area contributed by atoms with Crippen molar-refractivity contribution in [3.8, 4) is 5.75 Å². The Balaban J connectivity index is 1.95. The van der Waals surface area contributed by atoms with Gasteiger partial charge in [0, 0.05) is 0 Å². The number of carbonyl (C=O) groups is 1. The summed E-state index contributed by atoms with van der Waals surface area (Å²) in [5.74, 6) is -0.721. The van der Waals surface area contributed by atoms with Crippen molar-refractivity contribution in [2.45, 2.75) is 6.10 Å². The summed E-state index contributed by atoms with van der Waals surface area (Å²) in [7, 11) is 0. The monoisotopic (exact) mass is 319 g/mol. The van der Waals surface area contributed by atoms with Gasteiger partial charge in [0.05, 0.1) is 11.3 Å². The molecule has 120 valence electrons. The predicted octanol–water partition coefficient (Wildman–Crippen LogP) is 3.92. The van der Waals surface area contributed by atoms with Gasteiger partial charge in [-0.2, -0.15) is 0 Å². The number of esters is 1. The second kappa shape index (κ2) is 6.87. The molecule has 0 aliphatic heterocycles. The van der Waals surface area contributed by atoms with E-state index in [0.717, 1.165) is 11.1 Å². The standard InChI is InChI=1S/C20H17NO3/c21-18-16(12-7-13-17(18)22)20(23)24-19(14-8-3-1-4-9-14)15-10-5-2-6-11-15/h1-13,19,22H,21H2. The van der Waals surface area contributed by atoms with E-state index in [-0.39, 0.29) is 17.0 Å². The van der Waals surface area contributed by atoms with Crippen LogP contribution in [0.25, 0.3) is 0 Å². The van der Waals surface area contributed by atoms with Crippen molar-refractivity contribution in [1.82, 2.24) is 0 Å². The van der Waals surface area contributed by atoms with Crippen molar-refractivity contribution >= 4 is 11.7 Å².